The standard InChI is InChI=1S/C22H38N4O/c1-3-23-21(25-19-22(14-17-27)12-8-5-9-13-22)24-15-16-26(2)18-20-10-6-4-7-11-20/h4,6-7,10-11,27H,3,5,8-9,12-19H2,1-2H3,(H2,23,24,25). The zero-order valence-electron chi connectivity index (χ0n) is 17.2. The molecule has 0 heterocycles. The van der Waals surface area contributed by atoms with Crippen LogP contribution in [0.1, 0.15) is 51.0 Å². The Bertz CT molecular complexity index is 535. The number of hydrogen-bond donors (Lipinski definition) is 3. The lowest BCUT2D eigenvalue weighted by Crippen LogP contribution is -2.42. The van der Waals surface area contributed by atoms with Crippen LogP contribution >= 0.6 is 0 Å². The van der Waals surface area contributed by atoms with E-state index in [2.05, 4.69) is 59.8 Å². The van der Waals surface area contributed by atoms with Gasteiger partial charge in [0.05, 0.1) is 0 Å². The van der Waals surface area contributed by atoms with Gasteiger partial charge in [0.1, 0.15) is 0 Å². The zero-order valence-corrected chi connectivity index (χ0v) is 17.2. The molecule has 0 spiro atoms. The molecular weight excluding hydrogens is 336 g/mol. The lowest BCUT2D eigenvalue weighted by Gasteiger charge is -2.35. The highest BCUT2D eigenvalue weighted by atomic mass is 16.3. The second kappa shape index (κ2) is 12.0. The molecule has 0 bridgehead atoms. The highest BCUT2D eigenvalue weighted by molar-refractivity contribution is 5.79. The zero-order chi connectivity index (χ0) is 19.4. The van der Waals surface area contributed by atoms with E-state index in [1.54, 1.807) is 0 Å². The summed E-state index contributed by atoms with van der Waals surface area (Å²) in [5.41, 5.74) is 1.53. The SMILES string of the molecule is CCNC(=NCC1(CCO)CCCCC1)NCCN(C)Cc1ccccc1. The summed E-state index contributed by atoms with van der Waals surface area (Å²) in [7, 11) is 2.15. The summed E-state index contributed by atoms with van der Waals surface area (Å²) in [5.74, 6) is 0.897. The summed E-state index contributed by atoms with van der Waals surface area (Å²) in [6.45, 7) is 6.81. The minimum atomic E-state index is 0.194. The lowest BCUT2D eigenvalue weighted by molar-refractivity contribution is 0.137. The van der Waals surface area contributed by atoms with Crippen molar-refractivity contribution in [1.29, 1.82) is 0 Å². The molecule has 1 aliphatic rings. The molecule has 5 heteroatoms. The van der Waals surface area contributed by atoms with Gasteiger partial charge in [-0.15, -0.1) is 0 Å². The van der Waals surface area contributed by atoms with E-state index >= 15 is 0 Å². The van der Waals surface area contributed by atoms with Crippen LogP contribution in [0, 0.1) is 5.41 Å². The van der Waals surface area contributed by atoms with Gasteiger partial charge in [0.15, 0.2) is 5.96 Å². The molecule has 0 unspecified atom stereocenters. The first-order chi connectivity index (χ1) is 13.2. The minimum Gasteiger partial charge on any atom is -0.396 e. The van der Waals surface area contributed by atoms with Crippen molar-refractivity contribution in [2.45, 2.75) is 52.0 Å². The van der Waals surface area contributed by atoms with Gasteiger partial charge in [0.2, 0.25) is 0 Å². The number of aliphatic imine (C=N–C) groups is 1. The van der Waals surface area contributed by atoms with E-state index in [-0.39, 0.29) is 12.0 Å². The van der Waals surface area contributed by atoms with Crippen LogP contribution in [0.15, 0.2) is 35.3 Å². The molecule has 152 valence electrons. The number of nitrogens with zero attached hydrogens (tertiary/aromatic N) is 2. The van der Waals surface area contributed by atoms with Crippen LogP contribution in [0.5, 0.6) is 0 Å². The summed E-state index contributed by atoms with van der Waals surface area (Å²) < 4.78 is 0. The number of nitrogens with one attached hydrogen (secondary N) is 2. The molecule has 0 radical (unpaired) electrons. The molecule has 1 saturated carbocycles. The number of guanidine groups is 1. The first-order valence-electron chi connectivity index (χ1n) is 10.5. The molecule has 5 nitrogen and oxygen atoms in total. The second-order valence-corrected chi connectivity index (χ2v) is 7.88. The summed E-state index contributed by atoms with van der Waals surface area (Å²) >= 11 is 0. The van der Waals surface area contributed by atoms with Crippen LogP contribution in [0.25, 0.3) is 0 Å². The third kappa shape index (κ3) is 7.89. The Morgan fingerprint density at radius 2 is 1.89 bits per heavy atom. The Hall–Kier alpha value is -1.59. The van der Waals surface area contributed by atoms with Crippen molar-refractivity contribution in [2.75, 3.05) is 39.8 Å². The van der Waals surface area contributed by atoms with E-state index < -0.39 is 0 Å². The van der Waals surface area contributed by atoms with Crippen molar-refractivity contribution in [1.82, 2.24) is 15.5 Å². The van der Waals surface area contributed by atoms with Gasteiger partial charge >= 0.3 is 0 Å². The van der Waals surface area contributed by atoms with E-state index in [0.29, 0.717) is 0 Å². The smallest absolute Gasteiger partial charge is 0.191 e. The van der Waals surface area contributed by atoms with Crippen molar-refractivity contribution in [3.8, 4) is 0 Å². The molecule has 2 rings (SSSR count). The predicted octanol–water partition coefficient (Wildman–Crippen LogP) is 3.01. The average Bonchev–Trinajstić information content (AvgIpc) is 2.68. The van der Waals surface area contributed by atoms with Crippen molar-refractivity contribution in [2.24, 2.45) is 10.4 Å². The largest absolute Gasteiger partial charge is 0.396 e. The molecule has 1 aromatic carbocycles. The Kier molecular flexibility index (Phi) is 9.64. The summed E-state index contributed by atoms with van der Waals surface area (Å²) in [4.78, 5) is 7.19. The Morgan fingerprint density at radius 3 is 2.56 bits per heavy atom. The molecule has 27 heavy (non-hydrogen) atoms. The topological polar surface area (TPSA) is 59.9 Å². The molecule has 1 aliphatic carbocycles. The van der Waals surface area contributed by atoms with Gasteiger partial charge < -0.3 is 20.6 Å². The minimum absolute atomic E-state index is 0.194. The van der Waals surface area contributed by atoms with Gasteiger partial charge in [-0.3, -0.25) is 4.99 Å². The molecule has 0 aliphatic heterocycles. The molecule has 0 amide bonds. The third-order valence-electron chi connectivity index (χ3n) is 5.55. The van der Waals surface area contributed by atoms with Crippen molar-refractivity contribution in [3.05, 3.63) is 35.9 Å². The molecule has 1 fully saturated rings. The third-order valence-corrected chi connectivity index (χ3v) is 5.55. The monoisotopic (exact) mass is 374 g/mol. The normalized spacial score (nSPS) is 17.1. The predicted molar refractivity (Wildman–Crippen MR) is 114 cm³/mol. The molecule has 0 saturated heterocycles. The van der Waals surface area contributed by atoms with Gasteiger partial charge in [-0.05, 0) is 44.2 Å². The van der Waals surface area contributed by atoms with E-state index in [1.165, 1.54) is 37.7 Å². The number of benzene rings is 1. The van der Waals surface area contributed by atoms with E-state index in [4.69, 9.17) is 4.99 Å². The Morgan fingerprint density at radius 1 is 1.15 bits per heavy atom. The maximum absolute atomic E-state index is 9.49. The Labute approximate surface area is 165 Å². The van der Waals surface area contributed by atoms with Gasteiger partial charge in [-0.1, -0.05) is 49.6 Å². The number of aliphatic hydroxyl groups is 1. The first-order valence-corrected chi connectivity index (χ1v) is 10.5. The molecule has 1 aromatic rings. The first kappa shape index (κ1) is 21.7. The van der Waals surface area contributed by atoms with Crippen LogP contribution in [0.4, 0.5) is 0 Å². The second-order valence-electron chi connectivity index (χ2n) is 7.88. The quantitative estimate of drug-likeness (QED) is 0.435. The highest BCUT2D eigenvalue weighted by Gasteiger charge is 2.31. The fourth-order valence-electron chi connectivity index (χ4n) is 3.95. The van der Waals surface area contributed by atoms with Crippen LogP contribution < -0.4 is 10.6 Å². The fourth-order valence-corrected chi connectivity index (χ4v) is 3.95. The molecule has 0 atom stereocenters. The Balaban J connectivity index is 1.81. The van der Waals surface area contributed by atoms with Gasteiger partial charge in [0.25, 0.3) is 0 Å². The summed E-state index contributed by atoms with van der Waals surface area (Å²) in [6.07, 6.45) is 7.11. The van der Waals surface area contributed by atoms with Crippen molar-refractivity contribution in [3.63, 3.8) is 0 Å². The van der Waals surface area contributed by atoms with E-state index in [0.717, 1.165) is 45.1 Å². The average molecular weight is 375 g/mol. The van der Waals surface area contributed by atoms with Crippen molar-refractivity contribution >= 4 is 5.96 Å². The lowest BCUT2D eigenvalue weighted by atomic mass is 9.72. The van der Waals surface area contributed by atoms with Crippen molar-refractivity contribution < 1.29 is 5.11 Å². The maximum atomic E-state index is 9.49. The van der Waals surface area contributed by atoms with E-state index in [9.17, 15) is 5.11 Å². The molecular formula is C22H38N4O. The number of hydrogen-bond acceptors (Lipinski definition) is 3. The van der Waals surface area contributed by atoms with Gasteiger partial charge in [0, 0.05) is 39.3 Å². The van der Waals surface area contributed by atoms with Crippen LogP contribution in [-0.4, -0.2) is 55.8 Å². The molecule has 3 N–H and O–H groups in total. The van der Waals surface area contributed by atoms with Crippen LogP contribution in [-0.2, 0) is 6.54 Å². The number of aliphatic hydroxyl groups excluding tert-OH is 1. The molecule has 0 aromatic heterocycles. The van der Waals surface area contributed by atoms with Gasteiger partial charge in [-0.25, -0.2) is 0 Å². The van der Waals surface area contributed by atoms with E-state index in [1.807, 2.05) is 0 Å². The number of likely N-dealkylation sites (N-methyl/N-ethyl adjacent to an activating group) is 1. The van der Waals surface area contributed by atoms with Crippen LogP contribution in [0.2, 0.25) is 0 Å². The fraction of sp³-hybridized carbons (Fsp3) is 0.682. The van der Waals surface area contributed by atoms with Gasteiger partial charge in [-0.2, -0.15) is 0 Å². The highest BCUT2D eigenvalue weighted by Crippen LogP contribution is 2.39. The summed E-state index contributed by atoms with van der Waals surface area (Å²) in [6, 6.07) is 10.6. The number of rotatable bonds is 10. The van der Waals surface area contributed by atoms with Crippen LogP contribution in [0.3, 0.4) is 0 Å². The maximum Gasteiger partial charge on any atom is 0.191 e. The summed E-state index contributed by atoms with van der Waals surface area (Å²) in [5, 5.41) is 16.3.